The van der Waals surface area contributed by atoms with E-state index in [1.165, 1.54) is 17.0 Å². The van der Waals surface area contributed by atoms with Crippen molar-refractivity contribution < 1.29 is 18.8 Å². The van der Waals surface area contributed by atoms with E-state index < -0.39 is 0 Å². The second-order valence-corrected chi connectivity index (χ2v) is 6.03. The van der Waals surface area contributed by atoms with Gasteiger partial charge in [0.15, 0.2) is 11.8 Å². The molecule has 1 aromatic rings. The van der Waals surface area contributed by atoms with E-state index in [9.17, 15) is 14.0 Å². The number of hydrogen-bond donors (Lipinski definition) is 0. The molecule has 2 heterocycles. The summed E-state index contributed by atoms with van der Waals surface area (Å²) >= 11 is 0. The molecule has 0 bridgehead atoms. The predicted octanol–water partition coefficient (Wildman–Crippen LogP) is 0.670. The van der Waals surface area contributed by atoms with Gasteiger partial charge in [-0.15, -0.1) is 0 Å². The maximum absolute atomic E-state index is 13.2. The van der Waals surface area contributed by atoms with E-state index in [0.717, 1.165) is 0 Å². The van der Waals surface area contributed by atoms with Crippen LogP contribution in [0.4, 0.5) is 4.39 Å². The van der Waals surface area contributed by atoms with Crippen molar-refractivity contribution in [2.75, 3.05) is 27.2 Å². The molecule has 1 fully saturated rings. The van der Waals surface area contributed by atoms with Crippen molar-refractivity contribution in [2.45, 2.75) is 12.5 Å². The van der Waals surface area contributed by atoms with Gasteiger partial charge in [0.1, 0.15) is 5.82 Å². The zero-order valence-corrected chi connectivity index (χ0v) is 13.0. The van der Waals surface area contributed by atoms with Crippen molar-refractivity contribution in [3.05, 3.63) is 35.6 Å². The molecule has 0 N–H and O–H groups in total. The molecule has 23 heavy (non-hydrogen) atoms. The van der Waals surface area contributed by atoms with E-state index in [-0.39, 0.29) is 36.1 Å². The first kappa shape index (κ1) is 15.5. The molecule has 6 nitrogen and oxygen atoms in total. The van der Waals surface area contributed by atoms with Crippen LogP contribution in [0.5, 0.6) is 0 Å². The number of carbonyl (C=O) groups is 2. The Hall–Kier alpha value is -2.44. The summed E-state index contributed by atoms with van der Waals surface area (Å²) in [6, 6.07) is 6.00. The quantitative estimate of drug-likeness (QED) is 0.823. The fraction of sp³-hybridized carbons (Fsp3) is 0.438. The van der Waals surface area contributed by atoms with Gasteiger partial charge in [-0.3, -0.25) is 9.59 Å². The van der Waals surface area contributed by atoms with Crippen LogP contribution < -0.4 is 0 Å². The van der Waals surface area contributed by atoms with Crippen LogP contribution in [0.15, 0.2) is 29.4 Å². The van der Waals surface area contributed by atoms with E-state index in [4.69, 9.17) is 4.84 Å². The highest BCUT2D eigenvalue weighted by Gasteiger charge is 2.46. The Morgan fingerprint density at radius 1 is 1.39 bits per heavy atom. The summed E-state index contributed by atoms with van der Waals surface area (Å²) in [7, 11) is 3.31. The normalized spacial score (nSPS) is 22.4. The summed E-state index contributed by atoms with van der Waals surface area (Å²) in [4.78, 5) is 32.8. The summed E-state index contributed by atoms with van der Waals surface area (Å²) < 4.78 is 13.2. The molecule has 2 aliphatic rings. The van der Waals surface area contributed by atoms with Crippen molar-refractivity contribution >= 4 is 17.5 Å². The number of amides is 2. The van der Waals surface area contributed by atoms with Crippen molar-refractivity contribution in [1.29, 1.82) is 0 Å². The van der Waals surface area contributed by atoms with Gasteiger partial charge in [0.2, 0.25) is 5.91 Å². The highest BCUT2D eigenvalue weighted by molar-refractivity contribution is 6.40. The van der Waals surface area contributed by atoms with Gasteiger partial charge < -0.3 is 14.6 Å². The lowest BCUT2D eigenvalue weighted by Gasteiger charge is -2.17. The van der Waals surface area contributed by atoms with Crippen LogP contribution in [0.25, 0.3) is 0 Å². The molecule has 0 unspecified atom stereocenters. The summed E-state index contributed by atoms with van der Waals surface area (Å²) in [5, 5.41) is 3.87. The van der Waals surface area contributed by atoms with Gasteiger partial charge in [0.05, 0.1) is 18.9 Å². The van der Waals surface area contributed by atoms with E-state index in [2.05, 4.69) is 5.16 Å². The molecule has 0 radical (unpaired) electrons. The Morgan fingerprint density at radius 2 is 2.17 bits per heavy atom. The van der Waals surface area contributed by atoms with Gasteiger partial charge in [-0.25, -0.2) is 4.39 Å². The lowest BCUT2D eigenvalue weighted by Crippen LogP contribution is -2.37. The predicted molar refractivity (Wildman–Crippen MR) is 81.2 cm³/mol. The molecule has 2 amide bonds. The molecule has 1 aromatic carbocycles. The number of carbonyl (C=O) groups excluding carboxylic acids is 2. The van der Waals surface area contributed by atoms with Crippen molar-refractivity contribution in [2.24, 2.45) is 11.1 Å². The first-order valence-corrected chi connectivity index (χ1v) is 7.43. The van der Waals surface area contributed by atoms with Crippen LogP contribution in [0.2, 0.25) is 0 Å². The molecule has 7 heteroatoms. The third-order valence-electron chi connectivity index (χ3n) is 4.13. The van der Waals surface area contributed by atoms with Gasteiger partial charge in [0, 0.05) is 20.6 Å². The van der Waals surface area contributed by atoms with Crippen LogP contribution in [0, 0.1) is 11.7 Å². The average molecular weight is 319 g/mol. The van der Waals surface area contributed by atoms with Gasteiger partial charge >= 0.3 is 0 Å². The standard InChI is InChI=1S/C16H18FN3O3/c1-19(2)16(22)15-12-8-20(9-13(12)23-18-15)14(21)7-10-4-3-5-11(17)6-10/h3-6,12-13H,7-9H2,1-2H3/t12-,13+/m0/s1. The number of halogens is 1. The zero-order valence-electron chi connectivity index (χ0n) is 13.0. The minimum absolute atomic E-state index is 0.106. The fourth-order valence-corrected chi connectivity index (χ4v) is 2.90. The second-order valence-electron chi connectivity index (χ2n) is 6.03. The third kappa shape index (κ3) is 3.04. The Morgan fingerprint density at radius 3 is 2.87 bits per heavy atom. The van der Waals surface area contributed by atoms with Crippen LogP contribution in [-0.4, -0.2) is 60.6 Å². The molecule has 3 rings (SSSR count). The van der Waals surface area contributed by atoms with Crippen molar-refractivity contribution in [3.63, 3.8) is 0 Å². The zero-order chi connectivity index (χ0) is 16.6. The van der Waals surface area contributed by atoms with Crippen LogP contribution in [0.1, 0.15) is 5.56 Å². The number of oxime groups is 1. The molecular formula is C16H18FN3O3. The summed E-state index contributed by atoms with van der Waals surface area (Å²) in [5.41, 5.74) is 0.993. The lowest BCUT2D eigenvalue weighted by atomic mass is 10.00. The Balaban J connectivity index is 1.65. The van der Waals surface area contributed by atoms with Gasteiger partial charge in [-0.05, 0) is 17.7 Å². The van der Waals surface area contributed by atoms with Gasteiger partial charge in [-0.1, -0.05) is 17.3 Å². The van der Waals surface area contributed by atoms with Crippen LogP contribution >= 0.6 is 0 Å². The molecule has 0 aromatic heterocycles. The van der Waals surface area contributed by atoms with Gasteiger partial charge in [-0.2, -0.15) is 0 Å². The first-order valence-electron chi connectivity index (χ1n) is 7.43. The van der Waals surface area contributed by atoms with Crippen molar-refractivity contribution in [3.8, 4) is 0 Å². The molecule has 0 spiro atoms. The second kappa shape index (κ2) is 5.98. The molecule has 122 valence electrons. The Bertz CT molecular complexity index is 674. The third-order valence-corrected chi connectivity index (χ3v) is 4.13. The smallest absolute Gasteiger partial charge is 0.271 e. The maximum atomic E-state index is 13.2. The van der Waals surface area contributed by atoms with Crippen molar-refractivity contribution in [1.82, 2.24) is 9.80 Å². The van der Waals surface area contributed by atoms with E-state index >= 15 is 0 Å². The van der Waals surface area contributed by atoms with E-state index in [0.29, 0.717) is 24.4 Å². The molecule has 2 atom stereocenters. The molecular weight excluding hydrogens is 301 g/mol. The molecule has 0 aliphatic carbocycles. The summed E-state index contributed by atoms with van der Waals surface area (Å²) in [5.74, 6) is -0.855. The lowest BCUT2D eigenvalue weighted by molar-refractivity contribution is -0.130. The monoisotopic (exact) mass is 319 g/mol. The summed E-state index contributed by atoms with van der Waals surface area (Å²) in [6.07, 6.45) is -0.143. The largest absolute Gasteiger partial charge is 0.389 e. The van der Waals surface area contributed by atoms with Crippen LogP contribution in [0.3, 0.4) is 0 Å². The first-order chi connectivity index (χ1) is 11.0. The number of nitrogens with zero attached hydrogens (tertiary/aromatic N) is 3. The van der Waals surface area contributed by atoms with E-state index in [1.54, 1.807) is 31.1 Å². The highest BCUT2D eigenvalue weighted by Crippen LogP contribution is 2.28. The maximum Gasteiger partial charge on any atom is 0.271 e. The fourth-order valence-electron chi connectivity index (χ4n) is 2.90. The van der Waals surface area contributed by atoms with E-state index in [1.807, 2.05) is 0 Å². The Labute approximate surface area is 133 Å². The molecule has 0 saturated carbocycles. The van der Waals surface area contributed by atoms with Gasteiger partial charge in [0.25, 0.3) is 5.91 Å². The number of benzene rings is 1. The molecule has 2 aliphatic heterocycles. The number of rotatable bonds is 3. The number of fused-ring (bicyclic) bond motifs is 1. The summed E-state index contributed by atoms with van der Waals surface area (Å²) in [6.45, 7) is 0.795. The SMILES string of the molecule is CN(C)C(=O)C1=NO[C@@H]2CN(C(=O)Cc3cccc(F)c3)C[C@H]12. The molecule has 1 saturated heterocycles. The van der Waals surface area contributed by atoms with Crippen LogP contribution in [-0.2, 0) is 20.8 Å². The average Bonchev–Trinajstić information content (AvgIpc) is 3.06. The minimum Gasteiger partial charge on any atom is -0.389 e. The number of hydrogen-bond acceptors (Lipinski definition) is 4. The number of likely N-dealkylation sites (tertiary alicyclic amines) is 1. The highest BCUT2D eigenvalue weighted by atomic mass is 19.1. The Kier molecular flexibility index (Phi) is 4.02. The topological polar surface area (TPSA) is 62.2 Å². The minimum atomic E-state index is -0.358.